The molecule has 2 rings (SSSR count). The van der Waals surface area contributed by atoms with Gasteiger partial charge in [-0.15, -0.1) is 5.10 Å². The van der Waals surface area contributed by atoms with Gasteiger partial charge in [0.25, 0.3) is 0 Å². The van der Waals surface area contributed by atoms with Crippen LogP contribution in [0.15, 0.2) is 29.0 Å². The van der Waals surface area contributed by atoms with E-state index in [1.165, 1.54) is 0 Å². The van der Waals surface area contributed by atoms with Crippen LogP contribution in [0.3, 0.4) is 0 Å². The first kappa shape index (κ1) is 9.21. The molecule has 0 radical (unpaired) electrons. The molecule has 72 valence electrons. The van der Waals surface area contributed by atoms with E-state index in [1.807, 2.05) is 7.05 Å². The van der Waals surface area contributed by atoms with Crippen LogP contribution in [0, 0.1) is 0 Å². The van der Waals surface area contributed by atoms with Gasteiger partial charge in [-0.25, -0.2) is 9.67 Å². The summed E-state index contributed by atoms with van der Waals surface area (Å²) in [5.41, 5.74) is 0.920. The van der Waals surface area contributed by atoms with Crippen LogP contribution in [-0.2, 0) is 7.05 Å². The Kier molecular flexibility index (Phi) is 2.25. The number of aromatic hydroxyl groups is 1. The number of hydrogen-bond acceptors (Lipinski definition) is 3. The van der Waals surface area contributed by atoms with Crippen LogP contribution >= 0.6 is 15.9 Å². The molecule has 0 bridgehead atoms. The molecule has 0 saturated heterocycles. The van der Waals surface area contributed by atoms with Crippen molar-refractivity contribution >= 4 is 15.9 Å². The highest BCUT2D eigenvalue weighted by Gasteiger charge is 2.06. The Hall–Kier alpha value is -1.36. The molecule has 0 aliphatic carbocycles. The molecule has 1 aromatic heterocycles. The first-order valence-electron chi connectivity index (χ1n) is 4.03. The van der Waals surface area contributed by atoms with Crippen molar-refractivity contribution in [3.05, 3.63) is 29.0 Å². The van der Waals surface area contributed by atoms with Crippen molar-refractivity contribution in [2.45, 2.75) is 0 Å². The summed E-state index contributed by atoms with van der Waals surface area (Å²) in [5.74, 6) is 1.01. The average molecular weight is 254 g/mol. The summed E-state index contributed by atoms with van der Waals surface area (Å²) >= 11 is 3.20. The largest absolute Gasteiger partial charge is 0.508 e. The van der Waals surface area contributed by atoms with E-state index >= 15 is 0 Å². The van der Waals surface area contributed by atoms with Gasteiger partial charge in [0.2, 0.25) is 4.73 Å². The third-order valence-corrected chi connectivity index (χ3v) is 2.20. The zero-order chi connectivity index (χ0) is 10.1. The number of benzene rings is 1. The Morgan fingerprint density at radius 3 is 2.43 bits per heavy atom. The van der Waals surface area contributed by atoms with Crippen molar-refractivity contribution in [3.63, 3.8) is 0 Å². The van der Waals surface area contributed by atoms with Gasteiger partial charge in [-0.3, -0.25) is 0 Å². The normalized spacial score (nSPS) is 10.4. The maximum atomic E-state index is 9.13. The quantitative estimate of drug-likeness (QED) is 0.846. The van der Waals surface area contributed by atoms with Gasteiger partial charge in [0.05, 0.1) is 0 Å². The van der Waals surface area contributed by atoms with Gasteiger partial charge < -0.3 is 5.11 Å². The predicted octanol–water partition coefficient (Wildman–Crippen LogP) is 1.95. The summed E-state index contributed by atoms with van der Waals surface area (Å²) in [7, 11) is 1.82. The molecule has 14 heavy (non-hydrogen) atoms. The highest BCUT2D eigenvalue weighted by atomic mass is 79.9. The molecule has 0 atom stereocenters. The van der Waals surface area contributed by atoms with Crippen molar-refractivity contribution in [3.8, 4) is 17.1 Å². The van der Waals surface area contributed by atoms with Crippen molar-refractivity contribution in [1.82, 2.24) is 14.8 Å². The summed E-state index contributed by atoms with van der Waals surface area (Å²) in [6, 6.07) is 6.84. The van der Waals surface area contributed by atoms with Crippen molar-refractivity contribution in [1.29, 1.82) is 0 Å². The number of nitrogens with zero attached hydrogens (tertiary/aromatic N) is 3. The Balaban J connectivity index is 2.49. The summed E-state index contributed by atoms with van der Waals surface area (Å²) in [6.07, 6.45) is 0. The van der Waals surface area contributed by atoms with Crippen LogP contribution in [0.4, 0.5) is 0 Å². The fourth-order valence-corrected chi connectivity index (χ4v) is 1.62. The maximum Gasteiger partial charge on any atom is 0.217 e. The molecule has 0 aliphatic heterocycles. The molecule has 0 fully saturated rings. The minimum absolute atomic E-state index is 0.245. The molecule has 2 aromatic rings. The molecule has 1 N–H and O–H groups in total. The third-order valence-electron chi connectivity index (χ3n) is 1.86. The zero-order valence-electron chi connectivity index (χ0n) is 7.48. The van der Waals surface area contributed by atoms with Crippen LogP contribution in [0.25, 0.3) is 11.4 Å². The summed E-state index contributed by atoms with van der Waals surface area (Å²) in [5, 5.41) is 13.2. The molecular weight excluding hydrogens is 246 g/mol. The van der Waals surface area contributed by atoms with Gasteiger partial charge in [-0.2, -0.15) is 0 Å². The van der Waals surface area contributed by atoms with E-state index in [0.717, 1.165) is 11.4 Å². The van der Waals surface area contributed by atoms with Gasteiger partial charge in [-0.05, 0) is 40.2 Å². The van der Waals surface area contributed by atoms with E-state index in [2.05, 4.69) is 26.0 Å². The van der Waals surface area contributed by atoms with E-state index < -0.39 is 0 Å². The topological polar surface area (TPSA) is 50.9 Å². The first-order valence-corrected chi connectivity index (χ1v) is 4.82. The van der Waals surface area contributed by atoms with Crippen molar-refractivity contribution in [2.75, 3.05) is 0 Å². The molecule has 0 spiro atoms. The lowest BCUT2D eigenvalue weighted by atomic mass is 10.2. The molecule has 0 aliphatic rings. The number of aromatic nitrogens is 3. The number of phenols is 1. The summed E-state index contributed by atoms with van der Waals surface area (Å²) in [4.78, 5) is 4.20. The second-order valence-electron chi connectivity index (χ2n) is 2.87. The minimum Gasteiger partial charge on any atom is -0.508 e. The minimum atomic E-state index is 0.245. The first-order chi connectivity index (χ1) is 6.66. The SMILES string of the molecule is Cn1nc(Br)nc1-c1ccc(O)cc1. The number of aryl methyl sites for hydroxylation is 1. The maximum absolute atomic E-state index is 9.13. The third kappa shape index (κ3) is 1.63. The smallest absolute Gasteiger partial charge is 0.217 e. The highest BCUT2D eigenvalue weighted by Crippen LogP contribution is 2.20. The van der Waals surface area contributed by atoms with Gasteiger partial charge in [0.1, 0.15) is 5.75 Å². The van der Waals surface area contributed by atoms with Crippen LogP contribution in [0.5, 0.6) is 5.75 Å². The van der Waals surface area contributed by atoms with Gasteiger partial charge in [-0.1, -0.05) is 0 Å². The Bertz CT molecular complexity index is 450. The van der Waals surface area contributed by atoms with Gasteiger partial charge in [0.15, 0.2) is 5.82 Å². The van der Waals surface area contributed by atoms with Crippen LogP contribution in [0.1, 0.15) is 0 Å². The van der Waals surface area contributed by atoms with Crippen LogP contribution in [-0.4, -0.2) is 19.9 Å². The molecule has 0 unspecified atom stereocenters. The Morgan fingerprint density at radius 2 is 1.93 bits per heavy atom. The highest BCUT2D eigenvalue weighted by molar-refractivity contribution is 9.10. The van der Waals surface area contributed by atoms with Crippen LogP contribution in [0.2, 0.25) is 0 Å². The average Bonchev–Trinajstić information content (AvgIpc) is 2.47. The van der Waals surface area contributed by atoms with Crippen LogP contribution < -0.4 is 0 Å². The number of phenolic OH excluding ortho intramolecular Hbond substituents is 1. The molecule has 0 amide bonds. The summed E-state index contributed by atoms with van der Waals surface area (Å²) < 4.78 is 2.24. The standard InChI is InChI=1S/C9H8BrN3O/c1-13-8(11-9(10)12-13)6-2-4-7(14)5-3-6/h2-5,14H,1H3. The zero-order valence-corrected chi connectivity index (χ0v) is 9.06. The molecule has 4 nitrogen and oxygen atoms in total. The fraction of sp³-hybridized carbons (Fsp3) is 0.111. The lowest BCUT2D eigenvalue weighted by Crippen LogP contribution is -1.93. The van der Waals surface area contributed by atoms with E-state index in [-0.39, 0.29) is 5.75 Å². The second kappa shape index (κ2) is 3.42. The lowest BCUT2D eigenvalue weighted by Gasteiger charge is -1.99. The van der Waals surface area contributed by atoms with E-state index in [1.54, 1.807) is 28.9 Å². The van der Waals surface area contributed by atoms with E-state index in [9.17, 15) is 0 Å². The lowest BCUT2D eigenvalue weighted by molar-refractivity contribution is 0.475. The molecule has 5 heteroatoms. The Labute approximate surface area is 89.3 Å². The molecule has 0 saturated carbocycles. The van der Waals surface area contributed by atoms with Gasteiger partial charge >= 0.3 is 0 Å². The number of hydrogen-bond donors (Lipinski definition) is 1. The van der Waals surface area contributed by atoms with E-state index in [0.29, 0.717) is 4.73 Å². The number of halogens is 1. The monoisotopic (exact) mass is 253 g/mol. The number of rotatable bonds is 1. The molecule has 1 aromatic carbocycles. The van der Waals surface area contributed by atoms with E-state index in [4.69, 9.17) is 5.11 Å². The molecule has 1 heterocycles. The summed E-state index contributed by atoms with van der Waals surface area (Å²) in [6.45, 7) is 0. The fourth-order valence-electron chi connectivity index (χ4n) is 1.22. The molecular formula is C9H8BrN3O. The predicted molar refractivity (Wildman–Crippen MR) is 55.8 cm³/mol. The van der Waals surface area contributed by atoms with Gasteiger partial charge in [0, 0.05) is 12.6 Å². The Morgan fingerprint density at radius 1 is 1.29 bits per heavy atom. The second-order valence-corrected chi connectivity index (χ2v) is 3.58. The van der Waals surface area contributed by atoms with Crippen molar-refractivity contribution < 1.29 is 5.11 Å². The van der Waals surface area contributed by atoms with Crippen molar-refractivity contribution in [2.24, 2.45) is 7.05 Å².